The van der Waals surface area contributed by atoms with Gasteiger partial charge in [-0.15, -0.1) is 0 Å². The number of hydrogen-bond acceptors (Lipinski definition) is 17. The number of nitrogens with one attached hydrogen (secondary N) is 10. The van der Waals surface area contributed by atoms with E-state index in [1.54, 1.807) is 60.8 Å². The second-order valence-corrected chi connectivity index (χ2v) is 21.8. The number of carboxylic acid groups (broad SMARTS) is 1. The van der Waals surface area contributed by atoms with E-state index in [4.69, 9.17) is 34.4 Å². The maximum atomic E-state index is 14.8. The van der Waals surface area contributed by atoms with Gasteiger partial charge in [0.25, 0.3) is 0 Å². The van der Waals surface area contributed by atoms with E-state index < -0.39 is 126 Å². The molecule has 0 aliphatic heterocycles. The van der Waals surface area contributed by atoms with E-state index in [-0.39, 0.29) is 93.6 Å². The molecule has 2 aromatic heterocycles. The Bertz CT molecular complexity index is 3330. The zero-order valence-electron chi connectivity index (χ0n) is 49.5. The number of nitrogens with zero attached hydrogens (tertiary/aromatic N) is 3. The molecule has 0 fully saturated rings. The summed E-state index contributed by atoms with van der Waals surface area (Å²) in [4.78, 5) is 156. The molecule has 0 spiro atoms. The van der Waals surface area contributed by atoms with Crippen LogP contribution in [0.2, 0.25) is 0 Å². The van der Waals surface area contributed by atoms with Crippen LogP contribution in [0, 0.1) is 0 Å². The third-order valence-electron chi connectivity index (χ3n) is 14.1. The Morgan fingerprint density at radius 1 is 0.505 bits per heavy atom. The van der Waals surface area contributed by atoms with Gasteiger partial charge in [0.1, 0.15) is 54.1 Å². The van der Waals surface area contributed by atoms with Crippen LogP contribution in [0.15, 0.2) is 108 Å². The molecular weight excluding hydrogens is 1220 g/mol. The van der Waals surface area contributed by atoms with Crippen LogP contribution in [-0.4, -0.2) is 175 Å². The molecule has 2 heterocycles. The number of H-pyrrole nitrogens is 2. The number of carboxylic acids is 1. The lowest BCUT2D eigenvalue weighted by molar-refractivity contribution is -0.138. The normalized spacial score (nSPS) is 14.0. The standard InChI is InChI=1S/C58H79N19O12S2/c59-37(22-32-14-16-35(78)17-15-32)49(82)70-39(12-6-20-66-57(61)62)51(84)77-46(29-91)56(89)72-41(18-19-47(79)80)52(85)75-44(25-34-27-65-30-69-34)55(88)73-42(23-31-8-2-1-3-9-31)53(86)71-40(13-7-21-67-58(63)64)50(83)74-43(54(87)76-45(28-90)48(60)81)24-33-26-68-38-11-5-4-10-36(33)38/h1-5,8-11,14-17,26-27,30,37,39-46,68,78,90-91H,6-7,12-13,18-25,28-29,59H2,(H2,60,81)(H,65,69)(H,70,82)(H,71,86)(H,72,89)(H,73,88)(H,74,83)(H,75,85)(H,76,87)(H,77,84)(H,79,80)(H4,61,62,66)(H4,63,64,67)/t37-,39-,40-,41-,42+,43-,44-,45-,46-/m0/s1. The first-order chi connectivity index (χ1) is 43.4. The maximum absolute atomic E-state index is 14.8. The van der Waals surface area contributed by atoms with Crippen LogP contribution >= 0.6 is 25.3 Å². The lowest BCUT2D eigenvalue weighted by atomic mass is 10.0. The van der Waals surface area contributed by atoms with E-state index in [0.717, 1.165) is 10.9 Å². The van der Waals surface area contributed by atoms with E-state index in [1.165, 1.54) is 24.7 Å². The van der Waals surface area contributed by atoms with Gasteiger partial charge in [0, 0.05) is 79.3 Å². The van der Waals surface area contributed by atoms with Crippen molar-refractivity contribution < 1.29 is 58.2 Å². The van der Waals surface area contributed by atoms with E-state index in [0.29, 0.717) is 22.4 Å². The highest BCUT2D eigenvalue weighted by atomic mass is 32.1. The van der Waals surface area contributed by atoms with Crippen LogP contribution in [0.5, 0.6) is 5.75 Å². The van der Waals surface area contributed by atoms with Gasteiger partial charge in [0.2, 0.25) is 53.2 Å². The molecule has 31 nitrogen and oxygen atoms in total. The minimum absolute atomic E-state index is 0.00352. The second kappa shape index (κ2) is 36.6. The van der Waals surface area contributed by atoms with Gasteiger partial charge in [-0.25, -0.2) is 4.98 Å². The highest BCUT2D eigenvalue weighted by molar-refractivity contribution is 7.80. The minimum Gasteiger partial charge on any atom is -0.508 e. The summed E-state index contributed by atoms with van der Waals surface area (Å²) in [6, 6.07) is 8.74. The number of rotatable bonds is 38. The molecular formula is C58H79N19O12S2. The van der Waals surface area contributed by atoms with Crippen molar-refractivity contribution in [3.05, 3.63) is 120 Å². The molecule has 0 unspecified atom stereocenters. The number of para-hydroxylation sites is 1. The van der Waals surface area contributed by atoms with E-state index >= 15 is 0 Å². The fourth-order valence-corrected chi connectivity index (χ4v) is 9.79. The number of hydrogen-bond donors (Lipinski definition) is 20. The first-order valence-corrected chi connectivity index (χ1v) is 30.1. The third-order valence-corrected chi connectivity index (χ3v) is 14.8. The van der Waals surface area contributed by atoms with Gasteiger partial charge in [-0.3, -0.25) is 57.9 Å². The SMILES string of the molecule is NC(=O)[C@H](CS)NC(=O)[C@H](Cc1c[nH]c2ccccc12)NC(=O)[C@H](CCCN=C(N)N)NC(=O)[C@@H](Cc1ccccc1)NC(=O)[C@H](Cc1cnc[nH]1)NC(=O)[C@H](CCC(=O)O)NC(=O)[C@H](CS)NC(=O)[C@H](CCCN=C(N)N)NC(=O)[C@@H](N)Cc1ccc(O)cc1. The number of carbonyl (C=O) groups excluding carboxylic acids is 9. The number of aliphatic carboxylic acids is 1. The molecule has 5 rings (SSSR count). The Labute approximate surface area is 533 Å². The predicted molar refractivity (Wildman–Crippen MR) is 343 cm³/mol. The number of guanidine groups is 2. The largest absolute Gasteiger partial charge is 0.508 e. The number of phenolic OH excluding ortho intramolecular Hbond substituents is 1. The molecule has 0 aliphatic carbocycles. The number of aliphatic imine (C=N–C) groups is 2. The maximum Gasteiger partial charge on any atom is 0.303 e. The molecule has 9 atom stereocenters. The third kappa shape index (κ3) is 24.2. The summed E-state index contributed by atoms with van der Waals surface area (Å²) in [6.07, 6.45) is 2.58. The Morgan fingerprint density at radius 2 is 0.956 bits per heavy atom. The molecule has 0 bridgehead atoms. The average Bonchev–Trinajstić information content (AvgIpc) is 2.05. The monoisotopic (exact) mass is 1300 g/mol. The number of amides is 9. The number of nitrogens with two attached hydrogens (primary N) is 6. The Hall–Kier alpha value is -9.89. The first-order valence-electron chi connectivity index (χ1n) is 28.8. The highest BCUT2D eigenvalue weighted by Gasteiger charge is 2.36. The van der Waals surface area contributed by atoms with Crippen molar-refractivity contribution in [2.24, 2.45) is 44.4 Å². The predicted octanol–water partition coefficient (Wildman–Crippen LogP) is -3.61. The number of thiol groups is 2. The van der Waals surface area contributed by atoms with Crippen molar-refractivity contribution in [3.8, 4) is 5.75 Å². The quantitative estimate of drug-likeness (QED) is 0.00785. The fourth-order valence-electron chi connectivity index (χ4n) is 9.26. The molecule has 5 aromatic rings. The zero-order chi connectivity index (χ0) is 66.6. The molecule has 490 valence electrons. The zero-order valence-corrected chi connectivity index (χ0v) is 51.3. The summed E-state index contributed by atoms with van der Waals surface area (Å²) in [7, 11) is 0. The smallest absolute Gasteiger partial charge is 0.303 e. The molecule has 24 N–H and O–H groups in total. The Kier molecular flexibility index (Phi) is 28.9. The molecule has 3 aromatic carbocycles. The van der Waals surface area contributed by atoms with Crippen LogP contribution in [0.3, 0.4) is 0 Å². The number of benzene rings is 3. The number of aromatic hydroxyl groups is 1. The van der Waals surface area contributed by atoms with Gasteiger partial charge in [-0.1, -0.05) is 60.7 Å². The second-order valence-electron chi connectivity index (χ2n) is 21.1. The van der Waals surface area contributed by atoms with Gasteiger partial charge >= 0.3 is 5.97 Å². The number of primary amides is 1. The molecule has 0 aliphatic rings. The summed E-state index contributed by atoms with van der Waals surface area (Å²) in [5.74, 6) is -10.5. The number of fused-ring (bicyclic) bond motifs is 1. The van der Waals surface area contributed by atoms with Crippen molar-refractivity contribution in [2.45, 2.75) is 119 Å². The van der Waals surface area contributed by atoms with Crippen LogP contribution in [0.25, 0.3) is 10.9 Å². The van der Waals surface area contributed by atoms with Gasteiger partial charge in [-0.05, 0) is 73.4 Å². The van der Waals surface area contributed by atoms with Crippen molar-refractivity contribution >= 4 is 107 Å². The van der Waals surface area contributed by atoms with Crippen LogP contribution in [-0.2, 0) is 73.6 Å². The molecule has 91 heavy (non-hydrogen) atoms. The minimum atomic E-state index is -1.70. The molecule has 33 heteroatoms. The van der Waals surface area contributed by atoms with Crippen molar-refractivity contribution in [3.63, 3.8) is 0 Å². The lowest BCUT2D eigenvalue weighted by Crippen LogP contribution is -2.61. The van der Waals surface area contributed by atoms with Crippen LogP contribution in [0.4, 0.5) is 0 Å². The Morgan fingerprint density at radius 3 is 1.47 bits per heavy atom. The van der Waals surface area contributed by atoms with Gasteiger partial charge < -0.3 is 97.1 Å². The summed E-state index contributed by atoms with van der Waals surface area (Å²) in [5, 5.41) is 41.0. The van der Waals surface area contributed by atoms with Gasteiger partial charge in [-0.2, -0.15) is 25.3 Å². The number of aromatic amines is 2. The van der Waals surface area contributed by atoms with E-state index in [1.807, 2.05) is 12.1 Å². The molecule has 0 saturated carbocycles. The van der Waals surface area contributed by atoms with Crippen molar-refractivity contribution in [1.82, 2.24) is 57.5 Å². The lowest BCUT2D eigenvalue weighted by Gasteiger charge is -2.28. The summed E-state index contributed by atoms with van der Waals surface area (Å²) in [5.41, 5.74) is 36.6. The van der Waals surface area contributed by atoms with Crippen molar-refractivity contribution in [2.75, 3.05) is 24.6 Å². The summed E-state index contributed by atoms with van der Waals surface area (Å²) < 4.78 is 0. The highest BCUT2D eigenvalue weighted by Crippen LogP contribution is 2.20. The summed E-state index contributed by atoms with van der Waals surface area (Å²) >= 11 is 8.42. The molecule has 0 saturated heterocycles. The van der Waals surface area contributed by atoms with E-state index in [2.05, 4.69) is 92.7 Å². The number of carbonyl (C=O) groups is 10. The number of phenols is 1. The average molecular weight is 1300 g/mol. The Balaban J connectivity index is 1.40. The van der Waals surface area contributed by atoms with Crippen molar-refractivity contribution in [1.29, 1.82) is 0 Å². The van der Waals surface area contributed by atoms with Crippen LogP contribution in [0.1, 0.15) is 60.9 Å². The summed E-state index contributed by atoms with van der Waals surface area (Å²) in [6.45, 7) is 0.0571. The fraction of sp³-hybridized carbons (Fsp3) is 0.397. The molecule has 9 amide bonds. The van der Waals surface area contributed by atoms with Gasteiger partial charge in [0.05, 0.1) is 12.4 Å². The van der Waals surface area contributed by atoms with E-state index in [9.17, 15) is 58.2 Å². The topological polar surface area (TPSA) is 533 Å². The number of aromatic nitrogens is 3. The van der Waals surface area contributed by atoms with Gasteiger partial charge in [0.15, 0.2) is 11.9 Å². The number of imidazole rings is 1. The van der Waals surface area contributed by atoms with Crippen LogP contribution < -0.4 is 76.9 Å². The molecule has 0 radical (unpaired) electrons. The first kappa shape index (κ1) is 71.9.